The van der Waals surface area contributed by atoms with Gasteiger partial charge in [-0.1, -0.05) is 29.4 Å². The number of nitrogens with zero attached hydrogens (tertiary/aromatic N) is 2. The molecule has 8 heteroatoms. The lowest BCUT2D eigenvalue weighted by Crippen LogP contribution is -2.26. The molecule has 2 heterocycles. The first kappa shape index (κ1) is 19.9. The number of nitrogens with two attached hydrogens (primary N) is 2. The second-order valence-corrected chi connectivity index (χ2v) is 7.17. The van der Waals surface area contributed by atoms with Gasteiger partial charge in [-0.05, 0) is 48.1 Å². The van der Waals surface area contributed by atoms with Crippen molar-refractivity contribution in [2.45, 2.75) is 25.1 Å². The van der Waals surface area contributed by atoms with Crippen LogP contribution in [0.4, 0.5) is 19.1 Å². The molecule has 4 N–H and O–H groups in total. The molecule has 5 nitrogen and oxygen atoms in total. The Balaban J connectivity index is 1.54. The van der Waals surface area contributed by atoms with Gasteiger partial charge in [0, 0.05) is 34.9 Å². The standard InChI is InChI=1S/C22H19F3N4O/c23-22(24,25)17-5-1-13(2-6-17)9-18(26)11-19-20(29-30-21(19)27)15-3-4-16-12-28-8-7-14(16)10-15/h1-8,10,12,18H,9,11,26-27H2/t18-/m0/s1. The molecule has 0 aliphatic heterocycles. The Morgan fingerprint density at radius 2 is 1.73 bits per heavy atom. The predicted molar refractivity (Wildman–Crippen MR) is 108 cm³/mol. The molecule has 0 bridgehead atoms. The third kappa shape index (κ3) is 4.13. The topological polar surface area (TPSA) is 91.0 Å². The highest BCUT2D eigenvalue weighted by molar-refractivity contribution is 5.86. The largest absolute Gasteiger partial charge is 0.416 e. The molecule has 2 aromatic heterocycles. The van der Waals surface area contributed by atoms with Crippen molar-refractivity contribution in [2.75, 3.05) is 5.73 Å². The average Bonchev–Trinajstić information content (AvgIpc) is 3.07. The van der Waals surface area contributed by atoms with Crippen LogP contribution in [0.1, 0.15) is 16.7 Å². The molecule has 0 aliphatic rings. The summed E-state index contributed by atoms with van der Waals surface area (Å²) in [7, 11) is 0. The first-order valence-corrected chi connectivity index (χ1v) is 9.31. The minimum atomic E-state index is -4.36. The predicted octanol–water partition coefficient (Wildman–Crippen LogP) is 4.60. The maximum absolute atomic E-state index is 12.7. The molecule has 2 aromatic carbocycles. The van der Waals surface area contributed by atoms with Gasteiger partial charge in [-0.3, -0.25) is 4.98 Å². The zero-order valence-corrected chi connectivity index (χ0v) is 15.9. The Labute approximate surface area is 170 Å². The van der Waals surface area contributed by atoms with Crippen LogP contribution in [0.25, 0.3) is 22.0 Å². The number of benzene rings is 2. The summed E-state index contributed by atoms with van der Waals surface area (Å²) in [6.45, 7) is 0. The van der Waals surface area contributed by atoms with Gasteiger partial charge in [0.05, 0.1) is 5.56 Å². The molecular formula is C22H19F3N4O. The smallest absolute Gasteiger partial charge is 0.367 e. The van der Waals surface area contributed by atoms with Crippen LogP contribution >= 0.6 is 0 Å². The van der Waals surface area contributed by atoms with E-state index in [9.17, 15) is 13.2 Å². The van der Waals surface area contributed by atoms with Gasteiger partial charge in [0.1, 0.15) is 5.69 Å². The molecule has 4 rings (SSSR count). The maximum Gasteiger partial charge on any atom is 0.416 e. The second-order valence-electron chi connectivity index (χ2n) is 7.17. The fourth-order valence-corrected chi connectivity index (χ4v) is 3.44. The van der Waals surface area contributed by atoms with Crippen molar-refractivity contribution < 1.29 is 17.7 Å². The van der Waals surface area contributed by atoms with E-state index < -0.39 is 11.7 Å². The van der Waals surface area contributed by atoms with Crippen LogP contribution < -0.4 is 11.5 Å². The Hall–Kier alpha value is -3.39. The number of fused-ring (bicyclic) bond motifs is 1. The number of halogens is 3. The number of alkyl halides is 3. The van der Waals surface area contributed by atoms with Crippen LogP contribution in [-0.2, 0) is 19.0 Å². The van der Waals surface area contributed by atoms with Gasteiger partial charge < -0.3 is 16.0 Å². The Morgan fingerprint density at radius 3 is 2.47 bits per heavy atom. The second kappa shape index (κ2) is 7.79. The molecule has 30 heavy (non-hydrogen) atoms. The van der Waals surface area contributed by atoms with Crippen LogP contribution in [0.2, 0.25) is 0 Å². The monoisotopic (exact) mass is 412 g/mol. The minimum absolute atomic E-state index is 0.183. The summed E-state index contributed by atoms with van der Waals surface area (Å²) in [5, 5.41) is 6.10. The molecule has 0 saturated heterocycles. The number of aromatic nitrogens is 2. The van der Waals surface area contributed by atoms with Gasteiger partial charge in [-0.15, -0.1) is 0 Å². The molecule has 0 aliphatic carbocycles. The lowest BCUT2D eigenvalue weighted by molar-refractivity contribution is -0.137. The van der Waals surface area contributed by atoms with Crippen molar-refractivity contribution >= 4 is 16.7 Å². The minimum Gasteiger partial charge on any atom is -0.367 e. The third-order valence-corrected chi connectivity index (χ3v) is 4.98. The molecule has 0 fully saturated rings. The van der Waals surface area contributed by atoms with Gasteiger partial charge in [0.2, 0.25) is 5.88 Å². The Kier molecular flexibility index (Phi) is 5.17. The van der Waals surface area contributed by atoms with Crippen molar-refractivity contribution in [3.8, 4) is 11.3 Å². The number of rotatable bonds is 5. The van der Waals surface area contributed by atoms with Gasteiger partial charge >= 0.3 is 6.18 Å². The van der Waals surface area contributed by atoms with Crippen LogP contribution in [0.3, 0.4) is 0 Å². The number of hydrogen-bond acceptors (Lipinski definition) is 5. The van der Waals surface area contributed by atoms with Crippen molar-refractivity contribution in [3.63, 3.8) is 0 Å². The molecule has 154 valence electrons. The fraction of sp³-hybridized carbons (Fsp3) is 0.182. The van der Waals surface area contributed by atoms with Gasteiger partial charge in [0.15, 0.2) is 0 Å². The zero-order valence-electron chi connectivity index (χ0n) is 15.9. The van der Waals surface area contributed by atoms with Crippen LogP contribution in [0.5, 0.6) is 0 Å². The van der Waals surface area contributed by atoms with E-state index in [1.54, 1.807) is 12.4 Å². The molecule has 0 spiro atoms. The molecule has 0 radical (unpaired) electrons. The van der Waals surface area contributed by atoms with E-state index in [0.29, 0.717) is 29.7 Å². The van der Waals surface area contributed by atoms with Gasteiger partial charge in [0.25, 0.3) is 0 Å². The van der Waals surface area contributed by atoms with Crippen molar-refractivity contribution in [2.24, 2.45) is 5.73 Å². The highest BCUT2D eigenvalue weighted by atomic mass is 19.4. The maximum atomic E-state index is 12.7. The average molecular weight is 412 g/mol. The van der Waals surface area contributed by atoms with E-state index in [0.717, 1.165) is 28.5 Å². The van der Waals surface area contributed by atoms with Crippen LogP contribution in [0.15, 0.2) is 65.4 Å². The molecule has 0 saturated carbocycles. The summed E-state index contributed by atoms with van der Waals surface area (Å²) < 4.78 is 43.4. The van der Waals surface area contributed by atoms with Crippen molar-refractivity contribution in [1.82, 2.24) is 10.1 Å². The van der Waals surface area contributed by atoms with Crippen LogP contribution in [0, 0.1) is 0 Å². The number of anilines is 1. The molecule has 0 amide bonds. The van der Waals surface area contributed by atoms with Crippen LogP contribution in [-0.4, -0.2) is 16.2 Å². The van der Waals surface area contributed by atoms with E-state index in [4.69, 9.17) is 16.0 Å². The normalized spacial score (nSPS) is 12.9. The summed E-state index contributed by atoms with van der Waals surface area (Å²) in [6.07, 6.45) is -0.102. The zero-order chi connectivity index (χ0) is 21.3. The lowest BCUT2D eigenvalue weighted by Gasteiger charge is -2.13. The van der Waals surface area contributed by atoms with Crippen molar-refractivity contribution in [3.05, 3.63) is 77.6 Å². The van der Waals surface area contributed by atoms with E-state index in [2.05, 4.69) is 10.1 Å². The highest BCUT2D eigenvalue weighted by Crippen LogP contribution is 2.31. The SMILES string of the molecule is Nc1onc(-c2ccc3cnccc3c2)c1C[C@@H](N)Cc1ccc(C(F)(F)F)cc1. The molecule has 1 atom stereocenters. The summed E-state index contributed by atoms with van der Waals surface area (Å²) in [5.74, 6) is 0.183. The van der Waals surface area contributed by atoms with E-state index in [1.165, 1.54) is 12.1 Å². The van der Waals surface area contributed by atoms with E-state index >= 15 is 0 Å². The molecule has 0 unspecified atom stereocenters. The van der Waals surface area contributed by atoms with Crippen molar-refractivity contribution in [1.29, 1.82) is 0 Å². The Morgan fingerprint density at radius 1 is 0.967 bits per heavy atom. The third-order valence-electron chi connectivity index (χ3n) is 4.98. The molecule has 4 aromatic rings. The summed E-state index contributed by atoms with van der Waals surface area (Å²) in [5.41, 5.74) is 14.4. The van der Waals surface area contributed by atoms with E-state index in [-0.39, 0.29) is 11.9 Å². The van der Waals surface area contributed by atoms with E-state index in [1.807, 2.05) is 24.3 Å². The first-order chi connectivity index (χ1) is 14.3. The number of nitrogen functional groups attached to an aromatic ring is 1. The lowest BCUT2D eigenvalue weighted by atomic mass is 9.96. The summed E-state index contributed by atoms with van der Waals surface area (Å²) >= 11 is 0. The van der Waals surface area contributed by atoms with Gasteiger partial charge in [-0.2, -0.15) is 13.2 Å². The summed E-state index contributed by atoms with van der Waals surface area (Å²) in [6, 6.07) is 12.4. The number of hydrogen-bond donors (Lipinski definition) is 2. The highest BCUT2D eigenvalue weighted by Gasteiger charge is 2.30. The quantitative estimate of drug-likeness (QED) is 0.500. The Bertz CT molecular complexity index is 1170. The first-order valence-electron chi connectivity index (χ1n) is 9.31. The summed E-state index contributed by atoms with van der Waals surface area (Å²) in [4.78, 5) is 4.10. The fourth-order valence-electron chi connectivity index (χ4n) is 3.44. The number of pyridine rings is 1. The van der Waals surface area contributed by atoms with Gasteiger partial charge in [-0.25, -0.2) is 0 Å². The molecular weight excluding hydrogens is 393 g/mol.